The van der Waals surface area contributed by atoms with Crippen molar-refractivity contribution in [3.05, 3.63) is 152 Å². The Bertz CT molecular complexity index is 2720. The van der Waals surface area contributed by atoms with E-state index in [0.29, 0.717) is 0 Å². The van der Waals surface area contributed by atoms with Crippen molar-refractivity contribution in [3.8, 4) is 27.9 Å². The summed E-state index contributed by atoms with van der Waals surface area (Å²) >= 11 is 1.91. The lowest BCUT2D eigenvalue weighted by molar-refractivity contribution is 1.18. The number of rotatable bonds is 1. The molecule has 2 nitrogen and oxygen atoms in total. The summed E-state index contributed by atoms with van der Waals surface area (Å²) in [6.45, 7) is 0.0620. The number of thiophene rings is 1. The third-order valence-corrected chi connectivity index (χ3v) is 11.4. The number of nitrogens with zero attached hydrogens (tertiary/aromatic N) is 2. The van der Waals surface area contributed by atoms with Gasteiger partial charge >= 0.3 is 6.85 Å². The Morgan fingerprint density at radius 2 is 1.04 bits per heavy atom. The molecule has 4 heteroatoms. The molecule has 0 aliphatic carbocycles. The van der Waals surface area contributed by atoms with Gasteiger partial charge in [0.2, 0.25) is 0 Å². The second kappa shape index (κ2) is 9.00. The molecule has 0 amide bonds. The van der Waals surface area contributed by atoms with Crippen molar-refractivity contribution < 1.29 is 0 Å². The maximum atomic E-state index is 2.65. The highest BCUT2D eigenvalue weighted by molar-refractivity contribution is 7.26. The molecule has 46 heavy (non-hydrogen) atoms. The Hall–Kier alpha value is -5.58. The molecule has 0 N–H and O–H groups in total. The fourth-order valence-electron chi connectivity index (χ4n) is 8.35. The molecule has 0 unspecified atom stereocenters. The van der Waals surface area contributed by atoms with Gasteiger partial charge in [-0.1, -0.05) is 127 Å². The monoisotopic (exact) mass is 600 g/mol. The van der Waals surface area contributed by atoms with E-state index in [4.69, 9.17) is 0 Å². The standard InChI is InChI=1S/C42H25BN2S/c1-2-12-26(13-3-1)44-39-32(33-24-25-34-30-17-7-11-21-38(30)46-42(34)41(33)44)23-22-31-28-15-5-9-19-36(28)43-35-18-8-4-14-27(35)29-16-6-10-20-37(29)45(43)40(31)39/h1-25H. The predicted octanol–water partition coefficient (Wildman–Crippen LogP) is 10.1. The highest BCUT2D eigenvalue weighted by Crippen LogP contribution is 2.52. The van der Waals surface area contributed by atoms with E-state index in [1.54, 1.807) is 0 Å². The van der Waals surface area contributed by atoms with Gasteiger partial charge in [-0.2, -0.15) is 0 Å². The van der Waals surface area contributed by atoms with Gasteiger partial charge < -0.3 is 9.38 Å². The summed E-state index contributed by atoms with van der Waals surface area (Å²) in [5.41, 5.74) is 14.2. The number of hydrogen-bond donors (Lipinski definition) is 0. The minimum atomic E-state index is 0.0620. The van der Waals surface area contributed by atoms with Crippen molar-refractivity contribution in [2.24, 2.45) is 0 Å². The molecule has 0 atom stereocenters. The zero-order valence-electron chi connectivity index (χ0n) is 24.8. The topological polar surface area (TPSA) is 8.17 Å². The second-order valence-corrected chi connectivity index (χ2v) is 13.5. The van der Waals surface area contributed by atoms with Crippen molar-refractivity contribution in [2.75, 3.05) is 4.81 Å². The van der Waals surface area contributed by atoms with E-state index in [0.717, 1.165) is 0 Å². The molecule has 0 radical (unpaired) electrons. The molecule has 11 rings (SSSR count). The summed E-state index contributed by atoms with van der Waals surface area (Å²) in [6, 6.07) is 56.3. The highest BCUT2D eigenvalue weighted by Gasteiger charge is 2.43. The molecule has 4 heterocycles. The van der Waals surface area contributed by atoms with E-state index in [-0.39, 0.29) is 6.85 Å². The van der Waals surface area contributed by atoms with Gasteiger partial charge in [-0.25, -0.2) is 0 Å². The molecule has 2 aromatic heterocycles. The Morgan fingerprint density at radius 3 is 1.87 bits per heavy atom. The normalized spacial score (nSPS) is 13.1. The fourth-order valence-corrected chi connectivity index (χ4v) is 9.59. The summed E-state index contributed by atoms with van der Waals surface area (Å²) in [5, 5.41) is 5.22. The molecule has 9 aromatic rings. The van der Waals surface area contributed by atoms with Crippen molar-refractivity contribution in [1.82, 2.24) is 4.57 Å². The number of para-hydroxylation sites is 2. The van der Waals surface area contributed by atoms with Crippen LogP contribution in [-0.2, 0) is 0 Å². The van der Waals surface area contributed by atoms with E-state index in [1.165, 1.54) is 92.2 Å². The van der Waals surface area contributed by atoms with Crippen LogP contribution in [0.3, 0.4) is 0 Å². The van der Waals surface area contributed by atoms with Gasteiger partial charge in [0.1, 0.15) is 0 Å². The molecular weight excluding hydrogens is 575 g/mol. The molecule has 212 valence electrons. The average molecular weight is 601 g/mol. The lowest BCUT2D eigenvalue weighted by Crippen LogP contribution is -2.59. The van der Waals surface area contributed by atoms with Gasteiger partial charge in [-0.15, -0.1) is 11.3 Å². The highest BCUT2D eigenvalue weighted by atomic mass is 32.1. The van der Waals surface area contributed by atoms with Crippen LogP contribution in [-0.4, -0.2) is 11.4 Å². The first-order chi connectivity index (χ1) is 22.9. The maximum absolute atomic E-state index is 2.65. The van der Waals surface area contributed by atoms with E-state index in [1.807, 2.05) is 11.3 Å². The fraction of sp³-hybridized carbons (Fsp3) is 0. The van der Waals surface area contributed by atoms with E-state index in [2.05, 4.69) is 161 Å². The van der Waals surface area contributed by atoms with Crippen LogP contribution >= 0.6 is 11.3 Å². The van der Waals surface area contributed by atoms with Crippen LogP contribution in [0.4, 0.5) is 11.4 Å². The molecule has 0 saturated heterocycles. The van der Waals surface area contributed by atoms with Gasteiger partial charge in [-0.05, 0) is 46.3 Å². The van der Waals surface area contributed by atoms with Crippen molar-refractivity contribution in [2.45, 2.75) is 0 Å². The number of fused-ring (bicyclic) bond motifs is 19. The molecule has 7 aromatic carbocycles. The number of aromatic nitrogens is 1. The average Bonchev–Trinajstić information content (AvgIpc) is 3.68. The summed E-state index contributed by atoms with van der Waals surface area (Å²) in [7, 11) is 0. The first-order valence-electron chi connectivity index (χ1n) is 15.9. The maximum Gasteiger partial charge on any atom is 0.329 e. The van der Waals surface area contributed by atoms with Crippen LogP contribution in [0.2, 0.25) is 0 Å². The summed E-state index contributed by atoms with van der Waals surface area (Å²) < 4.78 is 5.23. The summed E-state index contributed by atoms with van der Waals surface area (Å²) in [4.78, 5) is 2.65. The third-order valence-electron chi connectivity index (χ3n) is 10.2. The van der Waals surface area contributed by atoms with E-state index in [9.17, 15) is 0 Å². The summed E-state index contributed by atoms with van der Waals surface area (Å²) in [6.07, 6.45) is 0. The zero-order valence-corrected chi connectivity index (χ0v) is 25.6. The molecule has 0 bridgehead atoms. The minimum absolute atomic E-state index is 0.0620. The number of hydrogen-bond acceptors (Lipinski definition) is 2. The van der Waals surface area contributed by atoms with Gasteiger partial charge in [0.05, 0.1) is 21.4 Å². The van der Waals surface area contributed by atoms with Crippen molar-refractivity contribution in [1.29, 1.82) is 0 Å². The smallest absolute Gasteiger partial charge is 0.329 e. The molecule has 2 aliphatic heterocycles. The van der Waals surface area contributed by atoms with Crippen molar-refractivity contribution in [3.63, 3.8) is 0 Å². The largest absolute Gasteiger partial charge is 0.374 e. The zero-order chi connectivity index (χ0) is 29.9. The predicted molar refractivity (Wildman–Crippen MR) is 198 cm³/mol. The van der Waals surface area contributed by atoms with Crippen LogP contribution in [0.5, 0.6) is 0 Å². The lowest BCUT2D eigenvalue weighted by Gasteiger charge is -2.43. The number of anilines is 2. The van der Waals surface area contributed by atoms with E-state index >= 15 is 0 Å². The number of benzene rings is 7. The van der Waals surface area contributed by atoms with Crippen LogP contribution < -0.4 is 15.7 Å². The van der Waals surface area contributed by atoms with Gasteiger partial charge in [-0.3, -0.25) is 0 Å². The quantitative estimate of drug-likeness (QED) is 0.170. The first-order valence-corrected chi connectivity index (χ1v) is 16.7. The molecule has 0 saturated carbocycles. The van der Waals surface area contributed by atoms with Crippen LogP contribution in [0.15, 0.2) is 152 Å². The molecule has 0 spiro atoms. The Kier molecular flexibility index (Phi) is 4.83. The summed E-state index contributed by atoms with van der Waals surface area (Å²) in [5.74, 6) is 0. The first kappa shape index (κ1) is 24.7. The molecule has 0 fully saturated rings. The van der Waals surface area contributed by atoms with E-state index < -0.39 is 0 Å². The van der Waals surface area contributed by atoms with Crippen molar-refractivity contribution >= 4 is 82.5 Å². The molecular formula is C42H25BN2S. The minimum Gasteiger partial charge on any atom is -0.374 e. The van der Waals surface area contributed by atoms with Crippen LogP contribution in [0.25, 0.3) is 69.9 Å². The van der Waals surface area contributed by atoms with Crippen LogP contribution in [0, 0.1) is 0 Å². The Balaban J connectivity index is 1.38. The Morgan fingerprint density at radius 1 is 0.435 bits per heavy atom. The lowest BCUT2D eigenvalue weighted by atomic mass is 9.43. The SMILES string of the molecule is c1ccc(-n2c3c4c(ccc3c3ccc5c6ccccc6sc5c32)-c2ccccc2B2c3ccccc3-c3ccccc3N24)cc1. The Labute approximate surface area is 270 Å². The molecule has 2 aliphatic rings. The van der Waals surface area contributed by atoms with Gasteiger partial charge in [0.25, 0.3) is 0 Å². The van der Waals surface area contributed by atoms with Gasteiger partial charge in [0, 0.05) is 48.7 Å². The second-order valence-electron chi connectivity index (χ2n) is 12.4. The van der Waals surface area contributed by atoms with Crippen LogP contribution in [0.1, 0.15) is 0 Å². The third kappa shape index (κ3) is 3.07. The van der Waals surface area contributed by atoms with Gasteiger partial charge in [0.15, 0.2) is 0 Å².